The van der Waals surface area contributed by atoms with Gasteiger partial charge in [0.2, 0.25) is 0 Å². The van der Waals surface area contributed by atoms with Crippen LogP contribution in [0.1, 0.15) is 25.7 Å². The van der Waals surface area contributed by atoms with Crippen LogP contribution in [0.25, 0.3) is 0 Å². The van der Waals surface area contributed by atoms with Gasteiger partial charge >= 0.3 is 0 Å². The Hall–Kier alpha value is 0.230. The first-order valence-electron chi connectivity index (χ1n) is 6.45. The zero-order valence-corrected chi connectivity index (χ0v) is 10.6. The number of rotatable bonds is 1. The monoisotopic (exact) mass is 242 g/mol. The Labute approximate surface area is 102 Å². The lowest BCUT2D eigenvalue weighted by atomic mass is 9.63. The first-order valence-corrected chi connectivity index (χ1v) is 7.61. The maximum absolute atomic E-state index is 11.1. The van der Waals surface area contributed by atoms with Gasteiger partial charge in [0.15, 0.2) is 0 Å². The highest BCUT2D eigenvalue weighted by atomic mass is 32.2. The van der Waals surface area contributed by atoms with Crippen LogP contribution in [0.15, 0.2) is 0 Å². The van der Waals surface area contributed by atoms with Crippen LogP contribution < -0.4 is 5.73 Å². The number of nitrogens with two attached hydrogens (primary N) is 1. The van der Waals surface area contributed by atoms with E-state index in [-0.39, 0.29) is 5.54 Å². The summed E-state index contributed by atoms with van der Waals surface area (Å²) >= 11 is 1.98. The number of aliphatic hydroxyl groups is 1. The Morgan fingerprint density at radius 1 is 1.19 bits per heavy atom. The van der Waals surface area contributed by atoms with Gasteiger partial charge in [-0.25, -0.2) is 0 Å². The molecule has 0 aromatic rings. The van der Waals surface area contributed by atoms with Crippen LogP contribution in [0, 0.1) is 5.92 Å². The minimum absolute atomic E-state index is 0.317. The fourth-order valence-electron chi connectivity index (χ4n) is 3.77. The van der Waals surface area contributed by atoms with Gasteiger partial charge in [-0.3, -0.25) is 0 Å². The van der Waals surface area contributed by atoms with Crippen molar-refractivity contribution in [2.24, 2.45) is 11.7 Å². The van der Waals surface area contributed by atoms with Crippen LogP contribution in [-0.2, 0) is 0 Å². The van der Waals surface area contributed by atoms with Gasteiger partial charge in [0.1, 0.15) is 0 Å². The molecule has 4 rings (SSSR count). The molecule has 4 aliphatic heterocycles. The van der Waals surface area contributed by atoms with Gasteiger partial charge in [0, 0.05) is 12.1 Å². The zero-order valence-electron chi connectivity index (χ0n) is 9.82. The number of piperidine rings is 3. The SMILES string of the molecule is NC1(C2(O)CN3CCC2CC3)CCSCC1. The van der Waals surface area contributed by atoms with Gasteiger partial charge in [-0.15, -0.1) is 0 Å². The largest absolute Gasteiger partial charge is 0.386 e. The van der Waals surface area contributed by atoms with Gasteiger partial charge in [0.05, 0.1) is 5.60 Å². The van der Waals surface area contributed by atoms with Crippen LogP contribution in [0.4, 0.5) is 0 Å². The quantitative estimate of drug-likeness (QED) is 0.709. The third kappa shape index (κ3) is 1.54. The van der Waals surface area contributed by atoms with Crippen molar-refractivity contribution in [2.75, 3.05) is 31.1 Å². The molecule has 0 amide bonds. The number of hydrogen-bond donors (Lipinski definition) is 2. The van der Waals surface area contributed by atoms with Crippen molar-refractivity contribution < 1.29 is 5.11 Å². The Balaban J connectivity index is 1.86. The fourth-order valence-corrected chi connectivity index (χ4v) is 4.99. The van der Waals surface area contributed by atoms with E-state index in [2.05, 4.69) is 4.90 Å². The van der Waals surface area contributed by atoms with Crippen molar-refractivity contribution in [3.05, 3.63) is 0 Å². The molecule has 4 heteroatoms. The molecule has 0 aromatic heterocycles. The summed E-state index contributed by atoms with van der Waals surface area (Å²) in [5, 5.41) is 11.1. The molecule has 4 heterocycles. The van der Waals surface area contributed by atoms with Gasteiger partial charge in [0.25, 0.3) is 0 Å². The average molecular weight is 242 g/mol. The molecule has 3 nitrogen and oxygen atoms in total. The summed E-state index contributed by atoms with van der Waals surface area (Å²) < 4.78 is 0. The summed E-state index contributed by atoms with van der Waals surface area (Å²) in [4.78, 5) is 2.40. The Kier molecular flexibility index (Phi) is 2.74. The van der Waals surface area contributed by atoms with Crippen molar-refractivity contribution in [2.45, 2.75) is 36.8 Å². The van der Waals surface area contributed by atoms with E-state index < -0.39 is 5.60 Å². The molecule has 4 aliphatic rings. The highest BCUT2D eigenvalue weighted by Crippen LogP contribution is 2.45. The molecule has 4 saturated heterocycles. The van der Waals surface area contributed by atoms with Gasteiger partial charge in [-0.2, -0.15) is 11.8 Å². The zero-order chi connectivity index (χ0) is 11.2. The summed E-state index contributed by atoms with van der Waals surface area (Å²) in [6, 6.07) is 0. The lowest BCUT2D eigenvalue weighted by Crippen LogP contribution is -2.73. The minimum Gasteiger partial charge on any atom is -0.386 e. The van der Waals surface area contributed by atoms with Crippen LogP contribution in [0.2, 0.25) is 0 Å². The molecule has 92 valence electrons. The van der Waals surface area contributed by atoms with Crippen LogP contribution in [-0.4, -0.2) is 52.3 Å². The van der Waals surface area contributed by atoms with Crippen molar-refractivity contribution in [3.8, 4) is 0 Å². The molecule has 0 aliphatic carbocycles. The smallest absolute Gasteiger partial charge is 0.0981 e. The predicted octanol–water partition coefficient (Wildman–Crippen LogP) is 0.668. The van der Waals surface area contributed by atoms with Crippen LogP contribution in [0.5, 0.6) is 0 Å². The fraction of sp³-hybridized carbons (Fsp3) is 1.00. The van der Waals surface area contributed by atoms with Gasteiger partial charge in [-0.05, 0) is 56.2 Å². The number of thioether (sulfide) groups is 1. The van der Waals surface area contributed by atoms with E-state index in [1.165, 1.54) is 0 Å². The van der Waals surface area contributed by atoms with E-state index in [1.54, 1.807) is 0 Å². The maximum Gasteiger partial charge on any atom is 0.0981 e. The van der Waals surface area contributed by atoms with Gasteiger partial charge < -0.3 is 15.7 Å². The van der Waals surface area contributed by atoms with Crippen molar-refractivity contribution >= 4 is 11.8 Å². The molecule has 0 radical (unpaired) electrons. The van der Waals surface area contributed by atoms with E-state index in [1.807, 2.05) is 11.8 Å². The summed E-state index contributed by atoms with van der Waals surface area (Å²) in [5.74, 6) is 2.68. The highest BCUT2D eigenvalue weighted by molar-refractivity contribution is 7.99. The summed E-state index contributed by atoms with van der Waals surface area (Å²) in [7, 11) is 0. The number of fused-ring (bicyclic) bond motifs is 3. The van der Waals surface area contributed by atoms with E-state index in [4.69, 9.17) is 5.73 Å². The first kappa shape index (κ1) is 11.3. The molecule has 1 atom stereocenters. The second kappa shape index (κ2) is 3.87. The molecule has 0 aromatic carbocycles. The molecule has 4 fully saturated rings. The van der Waals surface area contributed by atoms with E-state index in [0.29, 0.717) is 5.92 Å². The summed E-state index contributed by atoms with van der Waals surface area (Å²) in [6.45, 7) is 3.15. The van der Waals surface area contributed by atoms with E-state index in [0.717, 1.165) is 56.8 Å². The standard InChI is InChI=1S/C12H22N2OS/c13-11(3-7-16-8-4-11)12(15)9-14-5-1-10(12)2-6-14/h10,15H,1-9,13H2. The van der Waals surface area contributed by atoms with E-state index >= 15 is 0 Å². The average Bonchev–Trinajstić information content (AvgIpc) is 2.31. The van der Waals surface area contributed by atoms with Gasteiger partial charge in [-0.1, -0.05) is 0 Å². The van der Waals surface area contributed by atoms with Crippen molar-refractivity contribution in [1.82, 2.24) is 4.90 Å². The molecule has 3 N–H and O–H groups in total. The lowest BCUT2D eigenvalue weighted by Gasteiger charge is -2.58. The summed E-state index contributed by atoms with van der Waals surface area (Å²) in [5.41, 5.74) is 5.64. The molecular formula is C12H22N2OS. The third-order valence-corrected chi connectivity index (χ3v) is 5.96. The molecule has 0 spiro atoms. The van der Waals surface area contributed by atoms with Crippen LogP contribution >= 0.6 is 11.8 Å². The predicted molar refractivity (Wildman–Crippen MR) is 67.6 cm³/mol. The minimum atomic E-state index is -0.607. The normalized spacial score (nSPS) is 46.9. The lowest BCUT2D eigenvalue weighted by molar-refractivity contribution is -0.157. The van der Waals surface area contributed by atoms with E-state index in [9.17, 15) is 5.11 Å². The molecular weight excluding hydrogens is 220 g/mol. The second-order valence-electron chi connectivity index (χ2n) is 5.74. The topological polar surface area (TPSA) is 49.5 Å². The first-order chi connectivity index (χ1) is 7.64. The maximum atomic E-state index is 11.1. The molecule has 16 heavy (non-hydrogen) atoms. The Bertz CT molecular complexity index is 272. The Morgan fingerprint density at radius 2 is 1.81 bits per heavy atom. The van der Waals surface area contributed by atoms with Crippen LogP contribution in [0.3, 0.4) is 0 Å². The molecule has 2 bridgehead atoms. The molecule has 0 saturated carbocycles. The third-order valence-electron chi connectivity index (χ3n) is 4.97. The second-order valence-corrected chi connectivity index (χ2v) is 6.97. The molecule has 1 unspecified atom stereocenters. The Morgan fingerprint density at radius 3 is 2.31 bits per heavy atom. The number of hydrogen-bond acceptors (Lipinski definition) is 4. The highest BCUT2D eigenvalue weighted by Gasteiger charge is 2.56. The van der Waals surface area contributed by atoms with Crippen molar-refractivity contribution in [1.29, 1.82) is 0 Å². The number of nitrogens with zero attached hydrogens (tertiary/aromatic N) is 1. The van der Waals surface area contributed by atoms with Crippen molar-refractivity contribution in [3.63, 3.8) is 0 Å². The summed E-state index contributed by atoms with van der Waals surface area (Å²) in [6.07, 6.45) is 4.25.